The Labute approximate surface area is 182 Å². The normalized spacial score (nSPS) is 10.8. The Kier molecular flexibility index (Phi) is 6.81. The molecule has 9 nitrogen and oxygen atoms in total. The lowest BCUT2D eigenvalue weighted by Gasteiger charge is -2.11. The van der Waals surface area contributed by atoms with Gasteiger partial charge in [0, 0.05) is 30.8 Å². The molecule has 0 aliphatic heterocycles. The van der Waals surface area contributed by atoms with Gasteiger partial charge in [-0.2, -0.15) is 0 Å². The van der Waals surface area contributed by atoms with E-state index in [1.807, 2.05) is 13.8 Å². The van der Waals surface area contributed by atoms with E-state index in [1.54, 1.807) is 24.3 Å². The molecule has 1 aromatic carbocycles. The van der Waals surface area contributed by atoms with E-state index in [2.05, 4.69) is 15.6 Å². The highest BCUT2D eigenvalue weighted by Gasteiger charge is 2.15. The van der Waals surface area contributed by atoms with Crippen LogP contribution in [-0.4, -0.2) is 33.8 Å². The maximum atomic E-state index is 12.7. The molecule has 162 valence electrons. The van der Waals surface area contributed by atoms with Crippen LogP contribution in [0.4, 0.5) is 5.69 Å². The Balaban J connectivity index is 1.67. The Morgan fingerprint density at radius 1 is 1.16 bits per heavy atom. The van der Waals surface area contributed by atoms with Crippen molar-refractivity contribution in [3.05, 3.63) is 57.0 Å². The molecule has 0 aliphatic rings. The Morgan fingerprint density at radius 2 is 1.90 bits per heavy atom. The van der Waals surface area contributed by atoms with Gasteiger partial charge >= 0.3 is 0 Å². The molecule has 0 saturated heterocycles. The lowest BCUT2D eigenvalue weighted by molar-refractivity contribution is -0.118. The molecule has 0 spiro atoms. The monoisotopic (exact) mass is 441 g/mol. The molecule has 2 aromatic heterocycles. The number of aryl methyl sites for hydroxylation is 3. The number of para-hydroxylation sites is 1. The second-order valence-electron chi connectivity index (χ2n) is 7.02. The van der Waals surface area contributed by atoms with E-state index in [9.17, 15) is 19.2 Å². The number of carbonyl (C=O) groups is 3. The van der Waals surface area contributed by atoms with Crippen LogP contribution < -0.4 is 21.9 Å². The zero-order valence-corrected chi connectivity index (χ0v) is 18.0. The van der Waals surface area contributed by atoms with Gasteiger partial charge in [0.2, 0.25) is 11.8 Å². The molecule has 4 N–H and O–H groups in total. The van der Waals surface area contributed by atoms with Crippen LogP contribution in [-0.2, 0) is 16.1 Å². The van der Waals surface area contributed by atoms with Gasteiger partial charge in [0.1, 0.15) is 4.83 Å². The van der Waals surface area contributed by atoms with Crippen LogP contribution >= 0.6 is 11.3 Å². The van der Waals surface area contributed by atoms with Gasteiger partial charge in [0.25, 0.3) is 11.5 Å². The van der Waals surface area contributed by atoms with Crippen molar-refractivity contribution < 1.29 is 14.4 Å². The molecule has 3 amide bonds. The minimum absolute atomic E-state index is 0.0243. The van der Waals surface area contributed by atoms with Gasteiger partial charge in [-0.25, -0.2) is 4.98 Å². The van der Waals surface area contributed by atoms with Crippen molar-refractivity contribution in [3.63, 3.8) is 0 Å². The molecule has 0 aliphatic carbocycles. The predicted octanol–water partition coefficient (Wildman–Crippen LogP) is 1.71. The molecule has 0 fully saturated rings. The molecule has 0 unspecified atom stereocenters. The number of rotatable bonds is 8. The first kappa shape index (κ1) is 22.2. The Bertz CT molecular complexity index is 1210. The van der Waals surface area contributed by atoms with Crippen molar-refractivity contribution >= 4 is 45.0 Å². The number of thiophene rings is 1. The molecule has 10 heteroatoms. The van der Waals surface area contributed by atoms with Crippen LogP contribution in [0, 0.1) is 13.8 Å². The quantitative estimate of drug-likeness (QED) is 0.489. The summed E-state index contributed by atoms with van der Waals surface area (Å²) < 4.78 is 1.42. The van der Waals surface area contributed by atoms with Crippen LogP contribution in [0.1, 0.15) is 33.6 Å². The fourth-order valence-corrected chi connectivity index (χ4v) is 4.04. The molecule has 0 saturated carbocycles. The minimum atomic E-state index is -0.516. The van der Waals surface area contributed by atoms with E-state index in [0.29, 0.717) is 15.9 Å². The number of hydrogen-bond acceptors (Lipinski definition) is 6. The third-order valence-electron chi connectivity index (χ3n) is 4.84. The number of hydrogen-bond donors (Lipinski definition) is 3. The largest absolute Gasteiger partial charge is 0.370 e. The number of anilines is 1. The molecule has 0 bridgehead atoms. The predicted molar refractivity (Wildman–Crippen MR) is 119 cm³/mol. The zero-order chi connectivity index (χ0) is 22.5. The number of amides is 3. The van der Waals surface area contributed by atoms with Crippen LogP contribution in [0.2, 0.25) is 0 Å². The van der Waals surface area contributed by atoms with Gasteiger partial charge in [0.05, 0.1) is 23.0 Å². The number of nitrogens with one attached hydrogen (secondary N) is 2. The van der Waals surface area contributed by atoms with Crippen LogP contribution in [0.5, 0.6) is 0 Å². The SMILES string of the molecule is Cc1sc2ncn(CCC(=O)Nc3ccccc3C(=O)NCCC(N)=O)c(=O)c2c1C. The first-order valence-corrected chi connectivity index (χ1v) is 10.5. The summed E-state index contributed by atoms with van der Waals surface area (Å²) in [5.41, 5.74) is 6.42. The number of nitrogens with zero attached hydrogens (tertiary/aromatic N) is 2. The van der Waals surface area contributed by atoms with E-state index in [4.69, 9.17) is 5.73 Å². The van der Waals surface area contributed by atoms with Crippen LogP contribution in [0.3, 0.4) is 0 Å². The highest BCUT2D eigenvalue weighted by molar-refractivity contribution is 7.18. The smallest absolute Gasteiger partial charge is 0.262 e. The summed E-state index contributed by atoms with van der Waals surface area (Å²) in [6, 6.07) is 6.54. The lowest BCUT2D eigenvalue weighted by atomic mass is 10.1. The summed E-state index contributed by atoms with van der Waals surface area (Å²) in [5, 5.41) is 5.88. The maximum Gasteiger partial charge on any atom is 0.262 e. The van der Waals surface area contributed by atoms with E-state index in [-0.39, 0.29) is 43.0 Å². The molecular formula is C21H23N5O4S. The standard InChI is InChI=1S/C21H23N5O4S/c1-12-13(2)31-20-18(12)21(30)26(11-24-20)10-8-17(28)25-15-6-4-3-5-14(15)19(29)23-9-7-16(22)27/h3-6,11H,7-10H2,1-2H3,(H2,22,27)(H,23,29)(H,25,28). The average molecular weight is 442 g/mol. The highest BCUT2D eigenvalue weighted by Crippen LogP contribution is 2.25. The van der Waals surface area contributed by atoms with Crippen LogP contribution in [0.25, 0.3) is 10.2 Å². The highest BCUT2D eigenvalue weighted by atomic mass is 32.1. The minimum Gasteiger partial charge on any atom is -0.370 e. The van der Waals surface area contributed by atoms with Gasteiger partial charge in [-0.15, -0.1) is 11.3 Å². The summed E-state index contributed by atoms with van der Waals surface area (Å²) in [4.78, 5) is 54.4. The van der Waals surface area contributed by atoms with E-state index in [1.165, 1.54) is 22.2 Å². The van der Waals surface area contributed by atoms with Crippen molar-refractivity contribution in [1.82, 2.24) is 14.9 Å². The van der Waals surface area contributed by atoms with Crippen molar-refractivity contribution in [1.29, 1.82) is 0 Å². The van der Waals surface area contributed by atoms with Crippen LogP contribution in [0.15, 0.2) is 35.4 Å². The van der Waals surface area contributed by atoms with E-state index < -0.39 is 11.8 Å². The summed E-state index contributed by atoms with van der Waals surface area (Å²) in [5.74, 6) is -1.29. The van der Waals surface area contributed by atoms with Crippen molar-refractivity contribution in [2.24, 2.45) is 5.73 Å². The number of aromatic nitrogens is 2. The third-order valence-corrected chi connectivity index (χ3v) is 5.95. The maximum absolute atomic E-state index is 12.7. The summed E-state index contributed by atoms with van der Waals surface area (Å²) in [6.45, 7) is 4.10. The number of primary amides is 1. The van der Waals surface area contributed by atoms with Gasteiger partial charge in [0.15, 0.2) is 0 Å². The van der Waals surface area contributed by atoms with Crippen molar-refractivity contribution in [3.8, 4) is 0 Å². The first-order valence-electron chi connectivity index (χ1n) is 9.68. The van der Waals surface area contributed by atoms with Crippen molar-refractivity contribution in [2.75, 3.05) is 11.9 Å². The first-order chi connectivity index (χ1) is 14.8. The topological polar surface area (TPSA) is 136 Å². The molecule has 0 atom stereocenters. The molecule has 3 aromatic rings. The Morgan fingerprint density at radius 3 is 2.65 bits per heavy atom. The third kappa shape index (κ3) is 5.15. The summed E-state index contributed by atoms with van der Waals surface area (Å²) in [7, 11) is 0. The number of carbonyl (C=O) groups excluding carboxylic acids is 3. The van der Waals surface area contributed by atoms with E-state index in [0.717, 1.165) is 10.4 Å². The second-order valence-corrected chi connectivity index (χ2v) is 8.23. The summed E-state index contributed by atoms with van der Waals surface area (Å²) in [6.07, 6.45) is 1.51. The number of fused-ring (bicyclic) bond motifs is 1. The average Bonchev–Trinajstić information content (AvgIpc) is 3.02. The van der Waals surface area contributed by atoms with E-state index >= 15 is 0 Å². The van der Waals surface area contributed by atoms with Gasteiger partial charge in [-0.1, -0.05) is 12.1 Å². The number of nitrogens with two attached hydrogens (primary N) is 1. The zero-order valence-electron chi connectivity index (χ0n) is 17.2. The van der Waals surface area contributed by atoms with Gasteiger partial charge in [-0.05, 0) is 31.5 Å². The summed E-state index contributed by atoms with van der Waals surface area (Å²) >= 11 is 1.47. The lowest BCUT2D eigenvalue weighted by Crippen LogP contribution is -2.29. The fourth-order valence-electron chi connectivity index (χ4n) is 3.05. The molecular weight excluding hydrogens is 418 g/mol. The fraction of sp³-hybridized carbons (Fsp3) is 0.286. The second kappa shape index (κ2) is 9.52. The van der Waals surface area contributed by atoms with Gasteiger partial charge < -0.3 is 16.4 Å². The number of benzene rings is 1. The van der Waals surface area contributed by atoms with Crippen molar-refractivity contribution in [2.45, 2.75) is 33.2 Å². The molecule has 2 heterocycles. The molecule has 0 radical (unpaired) electrons. The molecule has 31 heavy (non-hydrogen) atoms. The van der Waals surface area contributed by atoms with Gasteiger partial charge in [-0.3, -0.25) is 23.7 Å². The molecule has 3 rings (SSSR count). The Hall–Kier alpha value is -3.53.